The van der Waals surface area contributed by atoms with Crippen molar-refractivity contribution < 1.29 is 9.47 Å². The zero-order chi connectivity index (χ0) is 14.3. The Balaban J connectivity index is 2.53. The first kappa shape index (κ1) is 16.6. The number of nitrogens with two attached hydrogens (primary N) is 1. The van der Waals surface area contributed by atoms with Crippen molar-refractivity contribution in [1.29, 1.82) is 0 Å². The Morgan fingerprint density at radius 2 is 2.05 bits per heavy atom. The lowest BCUT2D eigenvalue weighted by molar-refractivity contribution is -0.116. The van der Waals surface area contributed by atoms with Crippen LogP contribution in [0.25, 0.3) is 0 Å². The summed E-state index contributed by atoms with van der Waals surface area (Å²) < 4.78 is 10.5. The third kappa shape index (κ3) is 5.20. The molecule has 1 heterocycles. The summed E-state index contributed by atoms with van der Waals surface area (Å²) in [6, 6.07) is 4.99. The highest BCUT2D eigenvalue weighted by atomic mass is 32.1. The molecular formula is C14H26N2O2S. The third-order valence-electron chi connectivity index (χ3n) is 3.61. The summed E-state index contributed by atoms with van der Waals surface area (Å²) in [6.45, 7) is 2.84. The van der Waals surface area contributed by atoms with Gasteiger partial charge in [-0.15, -0.1) is 11.3 Å². The van der Waals surface area contributed by atoms with Gasteiger partial charge in [-0.1, -0.05) is 6.07 Å². The van der Waals surface area contributed by atoms with Crippen molar-refractivity contribution in [2.75, 3.05) is 27.8 Å². The van der Waals surface area contributed by atoms with Crippen LogP contribution in [0, 0.1) is 0 Å². The van der Waals surface area contributed by atoms with E-state index in [0.717, 1.165) is 12.8 Å². The van der Waals surface area contributed by atoms with E-state index in [9.17, 15) is 0 Å². The maximum atomic E-state index is 5.89. The van der Waals surface area contributed by atoms with Crippen molar-refractivity contribution in [3.63, 3.8) is 0 Å². The number of nitrogens with zero attached hydrogens (tertiary/aromatic N) is 1. The quantitative estimate of drug-likeness (QED) is 0.705. The number of hydrogen-bond donors (Lipinski definition) is 1. The van der Waals surface area contributed by atoms with Crippen molar-refractivity contribution >= 4 is 11.3 Å². The maximum Gasteiger partial charge on any atom is 0.158 e. The smallest absolute Gasteiger partial charge is 0.158 e. The van der Waals surface area contributed by atoms with Gasteiger partial charge in [0, 0.05) is 44.1 Å². The first-order valence-corrected chi connectivity index (χ1v) is 7.50. The van der Waals surface area contributed by atoms with E-state index in [-0.39, 0.29) is 12.3 Å². The van der Waals surface area contributed by atoms with Gasteiger partial charge in [-0.25, -0.2) is 0 Å². The molecule has 0 bridgehead atoms. The Bertz CT molecular complexity index is 328. The second-order valence-corrected chi connectivity index (χ2v) is 5.86. The van der Waals surface area contributed by atoms with E-state index in [2.05, 4.69) is 36.4 Å². The molecule has 0 saturated carbocycles. The van der Waals surface area contributed by atoms with E-state index >= 15 is 0 Å². The van der Waals surface area contributed by atoms with Gasteiger partial charge in [-0.3, -0.25) is 4.90 Å². The molecule has 1 aromatic rings. The van der Waals surface area contributed by atoms with E-state index < -0.39 is 0 Å². The largest absolute Gasteiger partial charge is 0.356 e. The first-order valence-electron chi connectivity index (χ1n) is 6.62. The molecule has 0 spiro atoms. The molecule has 4 nitrogen and oxygen atoms in total. The van der Waals surface area contributed by atoms with Gasteiger partial charge in [0.05, 0.1) is 0 Å². The maximum absolute atomic E-state index is 5.89. The minimum absolute atomic E-state index is 0.190. The highest BCUT2D eigenvalue weighted by Crippen LogP contribution is 2.17. The van der Waals surface area contributed by atoms with Crippen LogP contribution in [0.15, 0.2) is 17.5 Å². The van der Waals surface area contributed by atoms with Gasteiger partial charge in [0.2, 0.25) is 0 Å². The highest BCUT2D eigenvalue weighted by molar-refractivity contribution is 7.09. The molecule has 0 aliphatic heterocycles. The summed E-state index contributed by atoms with van der Waals surface area (Å²) >= 11 is 1.80. The normalized spacial score (nSPS) is 15.1. The average Bonchev–Trinajstić information content (AvgIpc) is 2.92. The first-order chi connectivity index (χ1) is 9.12. The van der Waals surface area contributed by atoms with E-state index in [4.69, 9.17) is 15.2 Å². The van der Waals surface area contributed by atoms with Gasteiger partial charge in [0.1, 0.15) is 0 Å². The molecule has 19 heavy (non-hydrogen) atoms. The van der Waals surface area contributed by atoms with E-state index in [1.54, 1.807) is 25.6 Å². The fourth-order valence-corrected chi connectivity index (χ4v) is 2.99. The van der Waals surface area contributed by atoms with Crippen molar-refractivity contribution in [2.24, 2.45) is 5.73 Å². The fraction of sp³-hybridized carbons (Fsp3) is 0.714. The van der Waals surface area contributed by atoms with Crippen molar-refractivity contribution in [3.8, 4) is 0 Å². The number of rotatable bonds is 9. The zero-order valence-electron chi connectivity index (χ0n) is 12.3. The van der Waals surface area contributed by atoms with Crippen LogP contribution in [0.3, 0.4) is 0 Å². The second-order valence-electron chi connectivity index (χ2n) is 4.82. The van der Waals surface area contributed by atoms with Crippen LogP contribution in [0.1, 0.15) is 18.2 Å². The lowest BCUT2D eigenvalue weighted by atomic mass is 10.1. The predicted molar refractivity (Wildman–Crippen MR) is 80.5 cm³/mol. The van der Waals surface area contributed by atoms with Crippen LogP contribution < -0.4 is 5.73 Å². The molecule has 1 aromatic heterocycles. The molecule has 1 rings (SSSR count). The molecule has 110 valence electrons. The van der Waals surface area contributed by atoms with Crippen molar-refractivity contribution in [2.45, 2.75) is 38.1 Å². The van der Waals surface area contributed by atoms with Crippen LogP contribution in [-0.2, 0) is 15.9 Å². The second kappa shape index (κ2) is 8.66. The summed E-state index contributed by atoms with van der Waals surface area (Å²) in [5.74, 6) is 0. The van der Waals surface area contributed by atoms with Crippen molar-refractivity contribution in [3.05, 3.63) is 22.4 Å². The van der Waals surface area contributed by atoms with Gasteiger partial charge in [-0.05, 0) is 31.8 Å². The Labute approximate surface area is 120 Å². The molecule has 0 aromatic carbocycles. The number of ether oxygens (including phenoxy) is 2. The Morgan fingerprint density at radius 1 is 1.37 bits per heavy atom. The van der Waals surface area contributed by atoms with Crippen LogP contribution in [0.4, 0.5) is 0 Å². The molecule has 5 heteroatoms. The lowest BCUT2D eigenvalue weighted by Gasteiger charge is -2.33. The predicted octanol–water partition coefficient (Wildman–Crippen LogP) is 1.95. The Hall–Kier alpha value is -0.460. The summed E-state index contributed by atoms with van der Waals surface area (Å²) in [5, 5.41) is 2.12. The SMILES string of the molecule is COC(CC(CN)N(C)C(C)Cc1cccs1)OC. The average molecular weight is 286 g/mol. The summed E-state index contributed by atoms with van der Waals surface area (Å²) in [7, 11) is 5.45. The summed E-state index contributed by atoms with van der Waals surface area (Å²) in [6.07, 6.45) is 1.65. The molecule has 2 N–H and O–H groups in total. The number of methoxy groups -OCH3 is 2. The summed E-state index contributed by atoms with van der Waals surface area (Å²) in [4.78, 5) is 3.73. The monoisotopic (exact) mass is 286 g/mol. The lowest BCUT2D eigenvalue weighted by Crippen LogP contribution is -2.46. The van der Waals surface area contributed by atoms with E-state index in [0.29, 0.717) is 12.6 Å². The van der Waals surface area contributed by atoms with Gasteiger partial charge < -0.3 is 15.2 Å². The minimum Gasteiger partial charge on any atom is -0.356 e. The molecule has 0 amide bonds. The molecule has 0 aliphatic rings. The molecule has 2 unspecified atom stereocenters. The highest BCUT2D eigenvalue weighted by Gasteiger charge is 2.22. The number of likely N-dealkylation sites (N-methyl/N-ethyl adjacent to an activating group) is 1. The van der Waals surface area contributed by atoms with Crippen molar-refractivity contribution in [1.82, 2.24) is 4.90 Å². The van der Waals surface area contributed by atoms with Gasteiger partial charge in [0.15, 0.2) is 6.29 Å². The topological polar surface area (TPSA) is 47.7 Å². The number of hydrogen-bond acceptors (Lipinski definition) is 5. The molecular weight excluding hydrogens is 260 g/mol. The molecule has 2 atom stereocenters. The molecule has 0 saturated heterocycles. The molecule has 0 fully saturated rings. The van der Waals surface area contributed by atoms with Crippen LogP contribution in [-0.4, -0.2) is 51.1 Å². The Morgan fingerprint density at radius 3 is 2.53 bits per heavy atom. The number of thiophene rings is 1. The van der Waals surface area contributed by atoms with Gasteiger partial charge >= 0.3 is 0 Å². The third-order valence-corrected chi connectivity index (χ3v) is 4.51. The van der Waals surface area contributed by atoms with Crippen LogP contribution in [0.5, 0.6) is 0 Å². The Kier molecular flexibility index (Phi) is 7.56. The molecule has 0 radical (unpaired) electrons. The zero-order valence-corrected chi connectivity index (χ0v) is 13.2. The standard InChI is InChI=1S/C14H26N2O2S/c1-11(8-13-6-5-7-19-13)16(2)12(10-15)9-14(17-3)18-4/h5-7,11-12,14H,8-10,15H2,1-4H3. The van der Waals surface area contributed by atoms with Crippen LogP contribution >= 0.6 is 11.3 Å². The fourth-order valence-electron chi connectivity index (χ4n) is 2.16. The molecule has 0 aliphatic carbocycles. The van der Waals surface area contributed by atoms with Gasteiger partial charge in [0.25, 0.3) is 0 Å². The van der Waals surface area contributed by atoms with Gasteiger partial charge in [-0.2, -0.15) is 0 Å². The summed E-state index contributed by atoms with van der Waals surface area (Å²) in [5.41, 5.74) is 5.89. The van der Waals surface area contributed by atoms with E-state index in [1.165, 1.54) is 4.88 Å². The van der Waals surface area contributed by atoms with E-state index in [1.807, 2.05) is 0 Å². The van der Waals surface area contributed by atoms with Crippen LogP contribution in [0.2, 0.25) is 0 Å². The minimum atomic E-state index is -0.190.